The summed E-state index contributed by atoms with van der Waals surface area (Å²) in [6.45, 7) is 5.65. The van der Waals surface area contributed by atoms with Crippen molar-refractivity contribution >= 4 is 34.2 Å². The molecule has 16 heavy (non-hydrogen) atoms. The van der Waals surface area contributed by atoms with E-state index in [9.17, 15) is 4.79 Å². The maximum atomic E-state index is 11.4. The molecule has 1 fully saturated rings. The second-order valence-corrected chi connectivity index (χ2v) is 5.76. The summed E-state index contributed by atoms with van der Waals surface area (Å²) >= 11 is 6.70. The van der Waals surface area contributed by atoms with Crippen molar-refractivity contribution in [1.82, 2.24) is 4.90 Å². The molecule has 1 aliphatic heterocycles. The number of likely N-dealkylation sites (tertiary alicyclic amines) is 1. The van der Waals surface area contributed by atoms with E-state index in [0.717, 1.165) is 32.4 Å². The van der Waals surface area contributed by atoms with Gasteiger partial charge in [0.15, 0.2) is 0 Å². The Morgan fingerprint density at radius 3 is 3.00 bits per heavy atom. The fourth-order valence-electron chi connectivity index (χ4n) is 1.47. The van der Waals surface area contributed by atoms with E-state index < -0.39 is 0 Å². The van der Waals surface area contributed by atoms with E-state index in [1.165, 1.54) is 11.8 Å². The van der Waals surface area contributed by atoms with Crippen LogP contribution in [-0.2, 0) is 9.53 Å². The minimum atomic E-state index is 0.0347. The van der Waals surface area contributed by atoms with Gasteiger partial charge in [-0.1, -0.05) is 37.3 Å². The molecule has 1 saturated heterocycles. The molecule has 0 N–H and O–H groups in total. The molecule has 0 aromatic heterocycles. The van der Waals surface area contributed by atoms with Crippen LogP contribution in [-0.4, -0.2) is 33.7 Å². The van der Waals surface area contributed by atoms with Gasteiger partial charge in [0.2, 0.25) is 5.91 Å². The Bertz CT molecular complexity index is 258. The number of ether oxygens (including phenoxy) is 1. The van der Waals surface area contributed by atoms with Gasteiger partial charge in [0, 0.05) is 19.6 Å². The van der Waals surface area contributed by atoms with Gasteiger partial charge in [0.05, 0.1) is 0 Å². The number of hydrogen-bond acceptors (Lipinski definition) is 4. The zero-order valence-electron chi connectivity index (χ0n) is 9.90. The number of carbonyl (C=O) groups is 1. The number of thiocarbonyl (C=S) groups is 1. The Morgan fingerprint density at radius 1 is 1.69 bits per heavy atom. The molecule has 0 aromatic rings. The van der Waals surface area contributed by atoms with Crippen molar-refractivity contribution in [3.63, 3.8) is 0 Å². The molecule has 0 aromatic carbocycles. The largest absolute Gasteiger partial charge is 0.367 e. The summed E-state index contributed by atoms with van der Waals surface area (Å²) in [6, 6.07) is 0. The van der Waals surface area contributed by atoms with Crippen LogP contribution in [0.5, 0.6) is 0 Å². The van der Waals surface area contributed by atoms with Gasteiger partial charge in [-0.3, -0.25) is 9.69 Å². The maximum Gasteiger partial charge on any atom is 0.228 e. The number of nitrogens with zero attached hydrogens (tertiary/aromatic N) is 1. The molecule has 1 rings (SSSR count). The summed E-state index contributed by atoms with van der Waals surface area (Å²) in [5, 5.41) is 0. The molecule has 0 bridgehead atoms. The van der Waals surface area contributed by atoms with Gasteiger partial charge >= 0.3 is 0 Å². The van der Waals surface area contributed by atoms with Crippen molar-refractivity contribution in [1.29, 1.82) is 0 Å². The molecule has 1 atom stereocenters. The van der Waals surface area contributed by atoms with E-state index in [0.29, 0.717) is 10.7 Å². The lowest BCUT2D eigenvalue weighted by molar-refractivity contribution is -0.124. The van der Waals surface area contributed by atoms with Crippen molar-refractivity contribution in [2.75, 3.05) is 13.2 Å². The van der Waals surface area contributed by atoms with Crippen molar-refractivity contribution in [3.05, 3.63) is 0 Å². The highest BCUT2D eigenvalue weighted by Gasteiger charge is 2.25. The molecular formula is C11H19NO2S2. The quantitative estimate of drug-likeness (QED) is 0.432. The molecule has 1 heterocycles. The van der Waals surface area contributed by atoms with Gasteiger partial charge in [-0.05, 0) is 19.8 Å². The number of hydrogen-bond donors (Lipinski definition) is 0. The van der Waals surface area contributed by atoms with Crippen LogP contribution in [0.1, 0.15) is 39.5 Å². The molecule has 0 radical (unpaired) electrons. The molecule has 1 amide bonds. The van der Waals surface area contributed by atoms with E-state index in [4.69, 9.17) is 17.0 Å². The number of carbonyl (C=O) groups excluding carboxylic acids is 1. The van der Waals surface area contributed by atoms with Crippen LogP contribution in [0.4, 0.5) is 0 Å². The van der Waals surface area contributed by atoms with Crippen molar-refractivity contribution in [3.8, 4) is 0 Å². The van der Waals surface area contributed by atoms with Crippen molar-refractivity contribution in [2.24, 2.45) is 0 Å². The molecule has 3 nitrogen and oxygen atoms in total. The summed E-state index contributed by atoms with van der Waals surface area (Å²) in [7, 11) is 0. The number of rotatable bonds is 5. The second kappa shape index (κ2) is 7.25. The summed E-state index contributed by atoms with van der Waals surface area (Å²) in [6.07, 6.45) is 3.75. The number of amides is 1. The molecule has 5 heteroatoms. The number of unbranched alkanes of at least 4 members (excludes halogenated alkanes) is 1. The zero-order valence-corrected chi connectivity index (χ0v) is 11.5. The Kier molecular flexibility index (Phi) is 6.31. The lowest BCUT2D eigenvalue weighted by Crippen LogP contribution is -2.29. The maximum absolute atomic E-state index is 11.4. The van der Waals surface area contributed by atoms with Gasteiger partial charge < -0.3 is 4.74 Å². The third kappa shape index (κ3) is 4.39. The van der Waals surface area contributed by atoms with Gasteiger partial charge in [0.25, 0.3) is 0 Å². The van der Waals surface area contributed by atoms with Crippen LogP contribution in [0.15, 0.2) is 0 Å². The Morgan fingerprint density at radius 2 is 2.44 bits per heavy atom. The average Bonchev–Trinajstić information content (AvgIpc) is 2.65. The Labute approximate surface area is 107 Å². The minimum Gasteiger partial charge on any atom is -0.367 e. The van der Waals surface area contributed by atoms with Gasteiger partial charge in [-0.25, -0.2) is 0 Å². The molecule has 0 spiro atoms. The molecular weight excluding hydrogens is 242 g/mol. The van der Waals surface area contributed by atoms with Crippen LogP contribution in [0.2, 0.25) is 0 Å². The molecule has 1 aliphatic rings. The van der Waals surface area contributed by atoms with Crippen molar-refractivity contribution < 1.29 is 9.53 Å². The zero-order chi connectivity index (χ0) is 12.0. The van der Waals surface area contributed by atoms with Crippen LogP contribution >= 0.6 is 24.0 Å². The first kappa shape index (κ1) is 13.9. The van der Waals surface area contributed by atoms with Crippen molar-refractivity contribution in [2.45, 2.75) is 45.0 Å². The first-order valence-electron chi connectivity index (χ1n) is 5.77. The topological polar surface area (TPSA) is 29.5 Å². The molecule has 0 saturated carbocycles. The molecule has 0 aliphatic carbocycles. The highest BCUT2D eigenvalue weighted by molar-refractivity contribution is 8.23. The second-order valence-electron chi connectivity index (χ2n) is 3.82. The fourth-order valence-corrected chi connectivity index (χ4v) is 2.84. The smallest absolute Gasteiger partial charge is 0.228 e. The minimum absolute atomic E-state index is 0.0347. The predicted molar refractivity (Wildman–Crippen MR) is 71.5 cm³/mol. The van der Waals surface area contributed by atoms with E-state index in [1.54, 1.807) is 4.90 Å². The fraction of sp³-hybridized carbons (Fsp3) is 0.818. The van der Waals surface area contributed by atoms with E-state index in [2.05, 4.69) is 6.92 Å². The van der Waals surface area contributed by atoms with Crippen LogP contribution in [0.3, 0.4) is 0 Å². The summed E-state index contributed by atoms with van der Waals surface area (Å²) in [4.78, 5) is 13.1. The van der Waals surface area contributed by atoms with E-state index >= 15 is 0 Å². The first-order chi connectivity index (χ1) is 7.65. The normalized spacial score (nSPS) is 17.9. The number of thioether (sulfide) groups is 1. The summed E-state index contributed by atoms with van der Waals surface area (Å²) in [5.41, 5.74) is 0.0347. The van der Waals surface area contributed by atoms with Gasteiger partial charge in [-0.15, -0.1) is 0 Å². The highest BCUT2D eigenvalue weighted by atomic mass is 32.2. The van der Waals surface area contributed by atoms with E-state index in [1.807, 2.05) is 6.92 Å². The van der Waals surface area contributed by atoms with Gasteiger partial charge in [-0.2, -0.15) is 0 Å². The Hall–Kier alpha value is -0.130. The molecule has 92 valence electrons. The van der Waals surface area contributed by atoms with Crippen LogP contribution in [0, 0.1) is 0 Å². The summed E-state index contributed by atoms with van der Waals surface area (Å²) < 4.78 is 6.24. The average molecular weight is 261 g/mol. The standard InChI is InChI=1S/C11H19NO2S2/c1-3-4-8-14-9(2)16-11(15)12-7-5-6-10(12)13/h9H,3-8H2,1-2H3. The molecule has 1 unspecified atom stereocenters. The first-order valence-corrected chi connectivity index (χ1v) is 7.06. The van der Waals surface area contributed by atoms with E-state index in [-0.39, 0.29) is 11.3 Å². The SMILES string of the molecule is CCCCOC(C)SC(=S)N1CCCC1=O. The van der Waals surface area contributed by atoms with Gasteiger partial charge in [0.1, 0.15) is 9.76 Å². The predicted octanol–water partition coefficient (Wildman–Crippen LogP) is 2.79. The highest BCUT2D eigenvalue weighted by Crippen LogP contribution is 2.21. The third-order valence-electron chi connectivity index (χ3n) is 2.41. The lowest BCUT2D eigenvalue weighted by Gasteiger charge is -2.19. The Balaban J connectivity index is 2.25. The summed E-state index contributed by atoms with van der Waals surface area (Å²) in [5.74, 6) is 0.151. The van der Waals surface area contributed by atoms with Crippen LogP contribution in [0.25, 0.3) is 0 Å². The lowest BCUT2D eigenvalue weighted by atomic mass is 10.4. The van der Waals surface area contributed by atoms with Crippen LogP contribution < -0.4 is 0 Å². The third-order valence-corrected chi connectivity index (χ3v) is 3.81. The monoisotopic (exact) mass is 261 g/mol.